The number of aliphatic hydroxyl groups is 1. The molecule has 2 rings (SSSR count). The minimum absolute atomic E-state index is 0.201. The van der Waals surface area contributed by atoms with Crippen molar-refractivity contribution in [3.8, 4) is 0 Å². The highest BCUT2D eigenvalue weighted by atomic mass is 32.2. The third-order valence-corrected chi connectivity index (χ3v) is 5.63. The fourth-order valence-electron chi connectivity index (χ4n) is 1.82. The first-order valence-corrected chi connectivity index (χ1v) is 8.77. The van der Waals surface area contributed by atoms with E-state index >= 15 is 0 Å². The van der Waals surface area contributed by atoms with Crippen LogP contribution < -0.4 is 5.32 Å². The Bertz CT molecular complexity index is 682. The number of anilines is 1. The molecule has 1 aromatic heterocycles. The van der Waals surface area contributed by atoms with E-state index in [1.54, 1.807) is 24.3 Å². The molecule has 114 valence electrons. The van der Waals surface area contributed by atoms with E-state index in [0.717, 1.165) is 5.56 Å². The van der Waals surface area contributed by atoms with Gasteiger partial charge >= 0.3 is 0 Å². The maximum absolute atomic E-state index is 12.3. The summed E-state index contributed by atoms with van der Waals surface area (Å²) in [6.07, 6.45) is -0.675. The zero-order chi connectivity index (χ0) is 15.5. The van der Waals surface area contributed by atoms with Gasteiger partial charge in [-0.1, -0.05) is 12.1 Å². The lowest BCUT2D eigenvalue weighted by atomic mass is 10.2. The number of nitrogens with one attached hydrogen (secondary N) is 1. The Hall–Kier alpha value is -1.41. The summed E-state index contributed by atoms with van der Waals surface area (Å²) in [6.45, 7) is 0.247. The van der Waals surface area contributed by atoms with Gasteiger partial charge in [0.2, 0.25) is 10.0 Å². The van der Waals surface area contributed by atoms with Gasteiger partial charge in [-0.15, -0.1) is 0 Å². The van der Waals surface area contributed by atoms with Crippen molar-refractivity contribution in [3.05, 3.63) is 46.7 Å². The Morgan fingerprint density at radius 3 is 2.62 bits per heavy atom. The number of aliphatic hydroxyl groups excluding tert-OH is 1. The second kappa shape index (κ2) is 6.57. The molecule has 1 unspecified atom stereocenters. The summed E-state index contributed by atoms with van der Waals surface area (Å²) < 4.78 is 25.7. The fraction of sp³-hybridized carbons (Fsp3) is 0.286. The van der Waals surface area contributed by atoms with Crippen molar-refractivity contribution in [1.82, 2.24) is 4.31 Å². The third kappa shape index (κ3) is 3.62. The minimum Gasteiger partial charge on any atom is -0.387 e. The monoisotopic (exact) mass is 326 g/mol. The molecule has 0 radical (unpaired) electrons. The zero-order valence-electron chi connectivity index (χ0n) is 11.9. The van der Waals surface area contributed by atoms with Crippen molar-refractivity contribution >= 4 is 27.0 Å². The van der Waals surface area contributed by atoms with Crippen LogP contribution in [0.1, 0.15) is 11.7 Å². The van der Waals surface area contributed by atoms with Gasteiger partial charge in [0.05, 0.1) is 11.8 Å². The van der Waals surface area contributed by atoms with Crippen LogP contribution in [0.4, 0.5) is 5.69 Å². The predicted octanol–water partition coefficient (Wildman–Crippen LogP) is 2.14. The van der Waals surface area contributed by atoms with Gasteiger partial charge in [0.1, 0.15) is 4.90 Å². The number of para-hydroxylation sites is 1. The lowest BCUT2D eigenvalue weighted by Gasteiger charge is -2.17. The summed E-state index contributed by atoms with van der Waals surface area (Å²) >= 11 is 1.51. The highest BCUT2D eigenvalue weighted by Gasteiger charge is 2.21. The quantitative estimate of drug-likeness (QED) is 0.853. The summed E-state index contributed by atoms with van der Waals surface area (Å²) in [5, 5.41) is 16.8. The van der Waals surface area contributed by atoms with E-state index < -0.39 is 16.1 Å². The molecule has 1 aromatic carbocycles. The van der Waals surface area contributed by atoms with Gasteiger partial charge < -0.3 is 10.4 Å². The first-order chi connectivity index (χ1) is 9.93. The molecular formula is C14H18N2O3S2. The lowest BCUT2D eigenvalue weighted by Crippen LogP contribution is -2.24. The smallest absolute Gasteiger partial charge is 0.244 e. The second-order valence-corrected chi connectivity index (χ2v) is 7.64. The molecule has 0 aliphatic carbocycles. The van der Waals surface area contributed by atoms with Crippen LogP contribution in [0.25, 0.3) is 0 Å². The molecule has 0 fully saturated rings. The summed E-state index contributed by atoms with van der Waals surface area (Å²) in [5.74, 6) is 0. The Labute approximate surface area is 128 Å². The highest BCUT2D eigenvalue weighted by Crippen LogP contribution is 2.24. The van der Waals surface area contributed by atoms with Crippen LogP contribution in [-0.4, -0.2) is 38.5 Å². The normalized spacial score (nSPS) is 13.3. The molecule has 0 amide bonds. The number of nitrogens with zero attached hydrogens (tertiary/aromatic N) is 1. The van der Waals surface area contributed by atoms with Crippen molar-refractivity contribution < 1.29 is 13.5 Å². The molecule has 1 heterocycles. The first-order valence-electron chi connectivity index (χ1n) is 6.38. The van der Waals surface area contributed by atoms with Gasteiger partial charge in [-0.25, -0.2) is 12.7 Å². The Kier molecular flexibility index (Phi) is 5.00. The van der Waals surface area contributed by atoms with Crippen molar-refractivity contribution in [1.29, 1.82) is 0 Å². The van der Waals surface area contributed by atoms with Crippen LogP contribution in [0.15, 0.2) is 46.0 Å². The Balaban J connectivity index is 2.18. The predicted molar refractivity (Wildman–Crippen MR) is 85.1 cm³/mol. The molecule has 0 saturated heterocycles. The van der Waals surface area contributed by atoms with Crippen LogP contribution in [0.5, 0.6) is 0 Å². The van der Waals surface area contributed by atoms with Crippen LogP contribution >= 0.6 is 11.3 Å². The molecule has 0 saturated carbocycles. The van der Waals surface area contributed by atoms with Gasteiger partial charge in [-0.2, -0.15) is 11.3 Å². The molecular weight excluding hydrogens is 308 g/mol. The molecule has 21 heavy (non-hydrogen) atoms. The van der Waals surface area contributed by atoms with E-state index in [4.69, 9.17) is 0 Å². The van der Waals surface area contributed by atoms with Crippen molar-refractivity contribution in [3.63, 3.8) is 0 Å². The van der Waals surface area contributed by atoms with Crippen LogP contribution in [0, 0.1) is 0 Å². The zero-order valence-corrected chi connectivity index (χ0v) is 13.5. The molecule has 5 nitrogen and oxygen atoms in total. The van der Waals surface area contributed by atoms with Gasteiger partial charge in [0.25, 0.3) is 0 Å². The number of hydrogen-bond acceptors (Lipinski definition) is 5. The molecule has 0 bridgehead atoms. The fourth-order valence-corrected chi connectivity index (χ4v) is 3.59. The summed E-state index contributed by atoms with van der Waals surface area (Å²) in [5.41, 5.74) is 1.31. The summed E-state index contributed by atoms with van der Waals surface area (Å²) in [4.78, 5) is 0.201. The minimum atomic E-state index is -3.52. The maximum Gasteiger partial charge on any atom is 0.244 e. The average molecular weight is 326 g/mol. The summed E-state index contributed by atoms with van der Waals surface area (Å²) in [6, 6.07) is 8.52. The molecule has 2 aromatic rings. The van der Waals surface area contributed by atoms with E-state index in [9.17, 15) is 13.5 Å². The van der Waals surface area contributed by atoms with Crippen LogP contribution in [0.3, 0.4) is 0 Å². The molecule has 1 atom stereocenters. The third-order valence-electron chi connectivity index (χ3n) is 3.06. The second-order valence-electron chi connectivity index (χ2n) is 4.74. The van der Waals surface area contributed by atoms with Crippen molar-refractivity contribution in [2.24, 2.45) is 0 Å². The number of benzene rings is 1. The van der Waals surface area contributed by atoms with Gasteiger partial charge in [0.15, 0.2) is 0 Å². The van der Waals surface area contributed by atoms with E-state index in [0.29, 0.717) is 5.69 Å². The molecule has 7 heteroatoms. The largest absolute Gasteiger partial charge is 0.387 e. The van der Waals surface area contributed by atoms with Crippen LogP contribution in [-0.2, 0) is 10.0 Å². The Morgan fingerprint density at radius 2 is 2.00 bits per heavy atom. The average Bonchev–Trinajstić information content (AvgIpc) is 2.99. The standard InChI is InChI=1S/C14H18N2O3S2/c1-16(2)21(18,19)14-6-4-3-5-12(14)15-9-13(17)11-7-8-20-10-11/h3-8,10,13,15,17H,9H2,1-2H3. The summed E-state index contributed by atoms with van der Waals surface area (Å²) in [7, 11) is -0.533. The van der Waals surface area contributed by atoms with Gasteiger partial charge in [0, 0.05) is 20.6 Å². The lowest BCUT2D eigenvalue weighted by molar-refractivity contribution is 0.192. The van der Waals surface area contributed by atoms with E-state index in [1.807, 2.05) is 16.8 Å². The highest BCUT2D eigenvalue weighted by molar-refractivity contribution is 7.89. The number of sulfonamides is 1. The van der Waals surface area contributed by atoms with Gasteiger partial charge in [-0.05, 0) is 34.5 Å². The van der Waals surface area contributed by atoms with Crippen LogP contribution in [0.2, 0.25) is 0 Å². The van der Waals surface area contributed by atoms with Crippen molar-refractivity contribution in [2.75, 3.05) is 26.0 Å². The Morgan fingerprint density at radius 1 is 1.29 bits per heavy atom. The molecule has 0 aliphatic heterocycles. The first kappa shape index (κ1) is 16.0. The topological polar surface area (TPSA) is 69.6 Å². The molecule has 0 aliphatic rings. The number of thiophene rings is 1. The SMILES string of the molecule is CN(C)S(=O)(=O)c1ccccc1NCC(O)c1ccsc1. The van der Waals surface area contributed by atoms with Gasteiger partial charge in [-0.3, -0.25) is 0 Å². The van der Waals surface area contributed by atoms with Crippen molar-refractivity contribution in [2.45, 2.75) is 11.0 Å². The maximum atomic E-state index is 12.3. The number of hydrogen-bond donors (Lipinski definition) is 2. The molecule has 2 N–H and O–H groups in total. The van der Waals surface area contributed by atoms with E-state index in [-0.39, 0.29) is 11.4 Å². The van der Waals surface area contributed by atoms with E-state index in [2.05, 4.69) is 5.32 Å². The van der Waals surface area contributed by atoms with E-state index in [1.165, 1.54) is 29.7 Å². The molecule has 0 spiro atoms. The number of rotatable bonds is 6.